The molecule has 2 atom stereocenters. The number of aliphatic hydroxyl groups is 2. The SMILES string of the molecule is CC(=O)N(C[C@@H](O)COc1ccc(C(C)(C)c2cc(Cl)c(OC[C@@H](O)CCl)c(Cl)c2)cc1)C(C)=O. The fourth-order valence-corrected chi connectivity index (χ4v) is 4.04. The van der Waals surface area contributed by atoms with E-state index >= 15 is 0 Å². The second kappa shape index (κ2) is 12.8. The minimum atomic E-state index is -1.02. The summed E-state index contributed by atoms with van der Waals surface area (Å²) in [7, 11) is 0. The summed E-state index contributed by atoms with van der Waals surface area (Å²) in [6.45, 7) is 6.33. The maximum atomic E-state index is 11.5. The van der Waals surface area contributed by atoms with E-state index in [1.807, 2.05) is 26.0 Å². The minimum absolute atomic E-state index is 0.0244. The maximum absolute atomic E-state index is 11.5. The Balaban J connectivity index is 2.09. The van der Waals surface area contributed by atoms with Crippen LogP contribution >= 0.6 is 34.8 Å². The molecule has 2 N–H and O–H groups in total. The van der Waals surface area contributed by atoms with Crippen LogP contribution in [-0.4, -0.2) is 64.8 Å². The molecule has 7 nitrogen and oxygen atoms in total. The molecule has 0 unspecified atom stereocenters. The van der Waals surface area contributed by atoms with Gasteiger partial charge in [0.25, 0.3) is 0 Å². The molecule has 2 aromatic rings. The van der Waals surface area contributed by atoms with Gasteiger partial charge in [-0.05, 0) is 35.4 Å². The van der Waals surface area contributed by atoms with Crippen molar-refractivity contribution in [3.8, 4) is 11.5 Å². The molecule has 0 aromatic heterocycles. The van der Waals surface area contributed by atoms with Crippen LogP contribution in [0.2, 0.25) is 10.0 Å². The normalized spacial score (nSPS) is 13.2. The van der Waals surface area contributed by atoms with E-state index in [0.29, 0.717) is 15.8 Å². The number of aliphatic hydroxyl groups excluding tert-OH is 2. The topological polar surface area (TPSA) is 96.3 Å². The van der Waals surface area contributed by atoms with Crippen molar-refractivity contribution in [2.45, 2.75) is 45.3 Å². The Hall–Kier alpha value is -2.03. The number of ether oxygens (including phenoxy) is 2. The summed E-state index contributed by atoms with van der Waals surface area (Å²) >= 11 is 18.4. The van der Waals surface area contributed by atoms with Crippen molar-refractivity contribution in [1.29, 1.82) is 0 Å². The highest BCUT2D eigenvalue weighted by atomic mass is 35.5. The Kier molecular flexibility index (Phi) is 10.7. The first-order chi connectivity index (χ1) is 16.4. The van der Waals surface area contributed by atoms with Crippen molar-refractivity contribution >= 4 is 46.6 Å². The molecular formula is C25H30Cl3NO6. The standard InChI is InChI=1S/C25H30Cl3NO6/c1-15(30)29(16(2)31)12-20(33)14-34-21-7-5-17(6-8-21)25(3,4)18-9-22(27)24(23(28)10-18)35-13-19(32)11-26/h5-10,19-20,32-33H,11-14H2,1-4H3/t19-,20+/m0/s1. The Morgan fingerprint density at radius 2 is 1.43 bits per heavy atom. The van der Waals surface area contributed by atoms with Gasteiger partial charge in [0.2, 0.25) is 11.8 Å². The molecule has 0 radical (unpaired) electrons. The monoisotopic (exact) mass is 545 g/mol. The lowest BCUT2D eigenvalue weighted by Crippen LogP contribution is -2.41. The number of hydrogen-bond donors (Lipinski definition) is 2. The van der Waals surface area contributed by atoms with E-state index in [1.165, 1.54) is 13.8 Å². The van der Waals surface area contributed by atoms with Crippen molar-refractivity contribution in [3.05, 3.63) is 57.6 Å². The van der Waals surface area contributed by atoms with Gasteiger partial charge in [-0.2, -0.15) is 0 Å². The van der Waals surface area contributed by atoms with Gasteiger partial charge in [0.1, 0.15) is 31.2 Å². The largest absolute Gasteiger partial charge is 0.491 e. The van der Waals surface area contributed by atoms with E-state index in [1.54, 1.807) is 24.3 Å². The lowest BCUT2D eigenvalue weighted by Gasteiger charge is -2.27. The summed E-state index contributed by atoms with van der Waals surface area (Å²) < 4.78 is 11.2. The third kappa shape index (κ3) is 7.98. The molecule has 0 spiro atoms. The van der Waals surface area contributed by atoms with Gasteiger partial charge < -0.3 is 19.7 Å². The molecule has 0 saturated heterocycles. The van der Waals surface area contributed by atoms with E-state index in [2.05, 4.69) is 0 Å². The summed E-state index contributed by atoms with van der Waals surface area (Å²) in [6.07, 6.45) is -1.85. The van der Waals surface area contributed by atoms with Gasteiger partial charge in [0.15, 0.2) is 5.75 Å². The van der Waals surface area contributed by atoms with E-state index < -0.39 is 29.4 Å². The van der Waals surface area contributed by atoms with Gasteiger partial charge in [-0.3, -0.25) is 14.5 Å². The highest BCUT2D eigenvalue weighted by Gasteiger charge is 2.26. The van der Waals surface area contributed by atoms with Gasteiger partial charge >= 0.3 is 0 Å². The molecular weight excluding hydrogens is 517 g/mol. The van der Waals surface area contributed by atoms with Crippen molar-refractivity contribution in [2.24, 2.45) is 0 Å². The van der Waals surface area contributed by atoms with Crippen molar-refractivity contribution in [1.82, 2.24) is 4.90 Å². The fourth-order valence-electron chi connectivity index (χ4n) is 3.35. The predicted molar refractivity (Wildman–Crippen MR) is 137 cm³/mol. The molecule has 0 aliphatic rings. The smallest absolute Gasteiger partial charge is 0.226 e. The summed E-state index contributed by atoms with van der Waals surface area (Å²) in [4.78, 5) is 23.9. The number of carbonyl (C=O) groups excluding carboxylic acids is 2. The lowest BCUT2D eigenvalue weighted by molar-refractivity contribution is -0.144. The van der Waals surface area contributed by atoms with E-state index in [0.717, 1.165) is 16.0 Å². The summed E-state index contributed by atoms with van der Waals surface area (Å²) in [5.74, 6) is -0.0219. The number of hydrogen-bond acceptors (Lipinski definition) is 6. The van der Waals surface area contributed by atoms with Crippen LogP contribution in [0.25, 0.3) is 0 Å². The van der Waals surface area contributed by atoms with Crippen LogP contribution in [0.3, 0.4) is 0 Å². The molecule has 2 rings (SSSR count). The average Bonchev–Trinajstić information content (AvgIpc) is 2.80. The van der Waals surface area contributed by atoms with Crippen LogP contribution < -0.4 is 9.47 Å². The first kappa shape index (κ1) is 29.2. The van der Waals surface area contributed by atoms with Crippen molar-refractivity contribution in [3.63, 3.8) is 0 Å². The van der Waals surface area contributed by atoms with Crippen LogP contribution in [0.15, 0.2) is 36.4 Å². The molecule has 0 aliphatic carbocycles. The first-order valence-electron chi connectivity index (χ1n) is 10.9. The number of alkyl halides is 1. The van der Waals surface area contributed by atoms with Gasteiger partial charge in [-0.25, -0.2) is 0 Å². The van der Waals surface area contributed by atoms with Gasteiger partial charge in [-0.15, -0.1) is 11.6 Å². The van der Waals surface area contributed by atoms with Crippen molar-refractivity contribution < 1.29 is 29.3 Å². The van der Waals surface area contributed by atoms with E-state index in [4.69, 9.17) is 44.3 Å². The number of halogens is 3. The zero-order valence-corrected chi connectivity index (χ0v) is 22.3. The molecule has 0 fully saturated rings. The molecule has 192 valence electrons. The highest BCUT2D eigenvalue weighted by Crippen LogP contribution is 2.40. The second-order valence-electron chi connectivity index (χ2n) is 8.65. The summed E-state index contributed by atoms with van der Waals surface area (Å²) in [6, 6.07) is 10.9. The van der Waals surface area contributed by atoms with Crippen molar-refractivity contribution in [2.75, 3.05) is 25.6 Å². The molecule has 0 bridgehead atoms. The van der Waals surface area contributed by atoms with Gasteiger partial charge in [0.05, 0.1) is 22.5 Å². The van der Waals surface area contributed by atoms with Crippen LogP contribution in [0.1, 0.15) is 38.8 Å². The average molecular weight is 547 g/mol. The van der Waals surface area contributed by atoms with Crippen LogP contribution in [0.5, 0.6) is 11.5 Å². The van der Waals surface area contributed by atoms with Gasteiger partial charge in [-0.1, -0.05) is 49.2 Å². The molecule has 2 aromatic carbocycles. The maximum Gasteiger partial charge on any atom is 0.226 e. The zero-order chi connectivity index (χ0) is 26.3. The summed E-state index contributed by atoms with van der Waals surface area (Å²) in [5.41, 5.74) is 1.35. The Morgan fingerprint density at radius 3 is 1.91 bits per heavy atom. The van der Waals surface area contributed by atoms with E-state index in [9.17, 15) is 19.8 Å². The number of amides is 2. The Bertz CT molecular complexity index is 991. The molecule has 0 heterocycles. The van der Waals surface area contributed by atoms with Gasteiger partial charge in [0, 0.05) is 19.3 Å². The number of rotatable bonds is 11. The lowest BCUT2D eigenvalue weighted by atomic mass is 9.78. The Morgan fingerprint density at radius 1 is 0.914 bits per heavy atom. The number of carbonyl (C=O) groups is 2. The fraction of sp³-hybridized carbons (Fsp3) is 0.440. The Labute approximate surface area is 220 Å². The molecule has 0 aliphatic heterocycles. The quantitative estimate of drug-likeness (QED) is 0.405. The molecule has 10 heteroatoms. The predicted octanol–water partition coefficient (Wildman–Crippen LogP) is 4.43. The zero-order valence-electron chi connectivity index (χ0n) is 20.1. The van der Waals surface area contributed by atoms with E-state index in [-0.39, 0.29) is 31.4 Å². The third-order valence-electron chi connectivity index (χ3n) is 5.49. The van der Waals surface area contributed by atoms with Crippen LogP contribution in [0.4, 0.5) is 0 Å². The highest BCUT2D eigenvalue weighted by molar-refractivity contribution is 6.37. The minimum Gasteiger partial charge on any atom is -0.491 e. The molecule has 0 saturated carbocycles. The number of benzene rings is 2. The number of imide groups is 1. The molecule has 35 heavy (non-hydrogen) atoms. The number of nitrogens with zero attached hydrogens (tertiary/aromatic N) is 1. The first-order valence-corrected chi connectivity index (χ1v) is 12.2. The third-order valence-corrected chi connectivity index (χ3v) is 6.41. The molecule has 2 amide bonds. The van der Waals surface area contributed by atoms with Crippen LogP contribution in [0, 0.1) is 0 Å². The summed E-state index contributed by atoms with van der Waals surface area (Å²) in [5, 5.41) is 20.4. The second-order valence-corrected chi connectivity index (χ2v) is 9.77. The van der Waals surface area contributed by atoms with Crippen LogP contribution in [-0.2, 0) is 15.0 Å².